The SMILES string of the molecule is CCCCn1nc(C(=O)NC(C)c2ccc(S(C)(=O)=O)cc2)ccc1=O. The monoisotopic (exact) mass is 377 g/mol. The van der Waals surface area contributed by atoms with Gasteiger partial charge in [0, 0.05) is 18.9 Å². The van der Waals surface area contributed by atoms with Crippen molar-refractivity contribution in [2.45, 2.75) is 44.2 Å². The smallest absolute Gasteiger partial charge is 0.272 e. The standard InChI is InChI=1S/C18H23N3O4S/c1-4-5-12-21-17(22)11-10-16(20-21)18(23)19-13(2)14-6-8-15(9-7-14)26(3,24)25/h6-11,13H,4-5,12H2,1-3H3,(H,19,23). The number of nitrogens with one attached hydrogen (secondary N) is 1. The number of hydrogen-bond donors (Lipinski definition) is 1. The second kappa shape index (κ2) is 8.27. The van der Waals surface area contributed by atoms with Gasteiger partial charge in [-0.05, 0) is 37.1 Å². The van der Waals surface area contributed by atoms with Crippen molar-refractivity contribution in [3.63, 3.8) is 0 Å². The molecular formula is C18H23N3O4S. The third kappa shape index (κ3) is 5.01. The van der Waals surface area contributed by atoms with E-state index in [2.05, 4.69) is 10.4 Å². The summed E-state index contributed by atoms with van der Waals surface area (Å²) in [5.74, 6) is -0.394. The van der Waals surface area contributed by atoms with E-state index in [1.807, 2.05) is 6.92 Å². The number of hydrogen-bond acceptors (Lipinski definition) is 5. The first kappa shape index (κ1) is 19.8. The number of aryl methyl sites for hydroxylation is 1. The second-order valence-corrected chi connectivity index (χ2v) is 8.19. The van der Waals surface area contributed by atoms with Gasteiger partial charge in [0.2, 0.25) is 0 Å². The van der Waals surface area contributed by atoms with Gasteiger partial charge in [-0.2, -0.15) is 5.10 Å². The predicted octanol–water partition coefficient (Wildman–Crippen LogP) is 1.94. The zero-order valence-electron chi connectivity index (χ0n) is 15.1. The second-order valence-electron chi connectivity index (χ2n) is 6.17. The molecule has 0 aliphatic carbocycles. The highest BCUT2D eigenvalue weighted by molar-refractivity contribution is 7.90. The lowest BCUT2D eigenvalue weighted by molar-refractivity contribution is 0.0932. The summed E-state index contributed by atoms with van der Waals surface area (Å²) in [4.78, 5) is 24.4. The van der Waals surface area contributed by atoms with Crippen molar-refractivity contribution in [3.8, 4) is 0 Å². The number of aromatic nitrogens is 2. The van der Waals surface area contributed by atoms with Crippen LogP contribution in [0.3, 0.4) is 0 Å². The fraction of sp³-hybridized carbons (Fsp3) is 0.389. The Labute approximate surface area is 153 Å². The molecule has 1 heterocycles. The summed E-state index contributed by atoms with van der Waals surface area (Å²) in [6, 6.07) is 8.75. The van der Waals surface area contributed by atoms with Crippen molar-refractivity contribution in [2.75, 3.05) is 6.26 Å². The molecule has 1 N–H and O–H groups in total. The molecule has 1 aromatic heterocycles. The minimum atomic E-state index is -3.26. The van der Waals surface area contributed by atoms with Crippen molar-refractivity contribution >= 4 is 15.7 Å². The summed E-state index contributed by atoms with van der Waals surface area (Å²) in [7, 11) is -3.26. The van der Waals surface area contributed by atoms with Gasteiger partial charge in [0.05, 0.1) is 10.9 Å². The number of sulfone groups is 1. The molecule has 0 fully saturated rings. The minimum Gasteiger partial charge on any atom is -0.344 e. The fourth-order valence-corrected chi connectivity index (χ4v) is 3.03. The van der Waals surface area contributed by atoms with Crippen LogP contribution in [0.25, 0.3) is 0 Å². The molecule has 2 rings (SSSR count). The van der Waals surface area contributed by atoms with E-state index in [0.29, 0.717) is 6.54 Å². The molecule has 7 nitrogen and oxygen atoms in total. The Kier molecular flexibility index (Phi) is 6.31. The molecule has 0 saturated carbocycles. The lowest BCUT2D eigenvalue weighted by Gasteiger charge is -2.15. The highest BCUT2D eigenvalue weighted by atomic mass is 32.2. The third-order valence-corrected chi connectivity index (χ3v) is 5.11. The van der Waals surface area contributed by atoms with E-state index >= 15 is 0 Å². The number of carbonyl (C=O) groups is 1. The van der Waals surface area contributed by atoms with Crippen molar-refractivity contribution in [2.24, 2.45) is 0 Å². The van der Waals surface area contributed by atoms with Gasteiger partial charge in [-0.25, -0.2) is 13.1 Å². The number of unbranched alkanes of at least 4 members (excludes halogenated alkanes) is 1. The zero-order chi connectivity index (χ0) is 19.3. The molecule has 0 radical (unpaired) electrons. The molecule has 1 unspecified atom stereocenters. The third-order valence-electron chi connectivity index (χ3n) is 3.98. The molecule has 0 aliphatic rings. The van der Waals surface area contributed by atoms with E-state index in [4.69, 9.17) is 0 Å². The number of amides is 1. The highest BCUT2D eigenvalue weighted by Gasteiger charge is 2.15. The molecule has 1 atom stereocenters. The van der Waals surface area contributed by atoms with Crippen LogP contribution in [0.4, 0.5) is 0 Å². The van der Waals surface area contributed by atoms with Crippen LogP contribution >= 0.6 is 0 Å². The first-order chi connectivity index (χ1) is 12.2. The van der Waals surface area contributed by atoms with Crippen LogP contribution in [0.2, 0.25) is 0 Å². The molecular weight excluding hydrogens is 354 g/mol. The minimum absolute atomic E-state index is 0.167. The Balaban J connectivity index is 2.12. The van der Waals surface area contributed by atoms with Crippen LogP contribution in [0, 0.1) is 0 Å². The van der Waals surface area contributed by atoms with Gasteiger partial charge < -0.3 is 5.32 Å². The van der Waals surface area contributed by atoms with Crippen LogP contribution in [-0.4, -0.2) is 30.4 Å². The summed E-state index contributed by atoms with van der Waals surface area (Å²) in [6.07, 6.45) is 2.87. The lowest BCUT2D eigenvalue weighted by atomic mass is 10.1. The fourth-order valence-electron chi connectivity index (χ4n) is 2.40. The van der Waals surface area contributed by atoms with Crippen molar-refractivity contribution in [1.82, 2.24) is 15.1 Å². The largest absolute Gasteiger partial charge is 0.344 e. The van der Waals surface area contributed by atoms with Crippen molar-refractivity contribution in [1.29, 1.82) is 0 Å². The number of carbonyl (C=O) groups excluding carboxylic acids is 1. The van der Waals surface area contributed by atoms with Crippen molar-refractivity contribution < 1.29 is 13.2 Å². The zero-order valence-corrected chi connectivity index (χ0v) is 15.9. The Morgan fingerprint density at radius 2 is 1.85 bits per heavy atom. The van der Waals surface area contributed by atoms with Crippen LogP contribution in [-0.2, 0) is 16.4 Å². The van der Waals surface area contributed by atoms with E-state index in [1.165, 1.54) is 28.9 Å². The first-order valence-electron chi connectivity index (χ1n) is 8.41. The molecule has 26 heavy (non-hydrogen) atoms. The quantitative estimate of drug-likeness (QED) is 0.795. The average molecular weight is 377 g/mol. The Morgan fingerprint density at radius 3 is 2.42 bits per heavy atom. The summed E-state index contributed by atoms with van der Waals surface area (Å²) in [5.41, 5.74) is 0.699. The van der Waals surface area contributed by atoms with Gasteiger partial charge in [-0.15, -0.1) is 0 Å². The van der Waals surface area contributed by atoms with Gasteiger partial charge in [-0.1, -0.05) is 25.5 Å². The summed E-state index contributed by atoms with van der Waals surface area (Å²) >= 11 is 0. The summed E-state index contributed by atoms with van der Waals surface area (Å²) in [5, 5.41) is 6.92. The van der Waals surface area contributed by atoms with Crippen LogP contribution in [0.15, 0.2) is 46.1 Å². The predicted molar refractivity (Wildman–Crippen MR) is 98.8 cm³/mol. The molecule has 0 spiro atoms. The first-order valence-corrected chi connectivity index (χ1v) is 10.3. The molecule has 0 aliphatic heterocycles. The normalized spacial score (nSPS) is 12.6. The van der Waals surface area contributed by atoms with Gasteiger partial charge in [0.25, 0.3) is 11.5 Å². The van der Waals surface area contributed by atoms with E-state index in [0.717, 1.165) is 24.7 Å². The van der Waals surface area contributed by atoms with E-state index < -0.39 is 15.7 Å². The van der Waals surface area contributed by atoms with Gasteiger partial charge in [0.15, 0.2) is 9.84 Å². The number of nitrogens with zero attached hydrogens (tertiary/aromatic N) is 2. The van der Waals surface area contributed by atoms with Gasteiger partial charge >= 0.3 is 0 Å². The number of rotatable bonds is 7. The highest BCUT2D eigenvalue weighted by Crippen LogP contribution is 2.16. The Morgan fingerprint density at radius 1 is 1.19 bits per heavy atom. The maximum absolute atomic E-state index is 12.4. The van der Waals surface area contributed by atoms with Crippen molar-refractivity contribution in [3.05, 3.63) is 58.0 Å². The van der Waals surface area contributed by atoms with E-state index in [9.17, 15) is 18.0 Å². The number of benzene rings is 1. The Bertz CT molecular complexity index is 934. The average Bonchev–Trinajstić information content (AvgIpc) is 2.60. The summed E-state index contributed by atoms with van der Waals surface area (Å²) < 4.78 is 24.3. The molecule has 2 aromatic rings. The molecule has 140 valence electrons. The van der Waals surface area contributed by atoms with Crippen LogP contribution in [0.1, 0.15) is 48.8 Å². The Hall–Kier alpha value is -2.48. The van der Waals surface area contributed by atoms with Gasteiger partial charge in [-0.3, -0.25) is 9.59 Å². The van der Waals surface area contributed by atoms with E-state index in [-0.39, 0.29) is 22.2 Å². The van der Waals surface area contributed by atoms with Gasteiger partial charge in [0.1, 0.15) is 5.69 Å². The lowest BCUT2D eigenvalue weighted by Crippen LogP contribution is -2.31. The van der Waals surface area contributed by atoms with Crippen LogP contribution < -0.4 is 10.9 Å². The maximum atomic E-state index is 12.4. The molecule has 1 amide bonds. The molecule has 0 bridgehead atoms. The molecule has 0 saturated heterocycles. The molecule has 1 aromatic carbocycles. The van der Waals surface area contributed by atoms with E-state index in [1.54, 1.807) is 19.1 Å². The summed E-state index contributed by atoms with van der Waals surface area (Å²) in [6.45, 7) is 4.28. The molecule has 8 heteroatoms. The maximum Gasteiger partial charge on any atom is 0.272 e. The topological polar surface area (TPSA) is 98.1 Å². The van der Waals surface area contributed by atoms with Crippen LogP contribution in [0.5, 0.6) is 0 Å².